The molecule has 0 saturated carbocycles. The van der Waals surface area contributed by atoms with Crippen molar-refractivity contribution in [2.75, 3.05) is 11.5 Å². The Labute approximate surface area is 67.0 Å². The Balaban J connectivity index is 2.96. The van der Waals surface area contributed by atoms with Crippen molar-refractivity contribution in [1.29, 1.82) is 0 Å². The van der Waals surface area contributed by atoms with Crippen LogP contribution in [0.1, 0.15) is 0 Å². The molecule has 0 radical (unpaired) electrons. The van der Waals surface area contributed by atoms with E-state index in [9.17, 15) is 0 Å². The summed E-state index contributed by atoms with van der Waals surface area (Å²) in [4.78, 5) is 3.90. The van der Waals surface area contributed by atoms with Crippen molar-refractivity contribution in [1.82, 2.24) is 9.36 Å². The van der Waals surface area contributed by atoms with Crippen molar-refractivity contribution in [2.45, 2.75) is 0 Å². The van der Waals surface area contributed by atoms with Crippen LogP contribution < -0.4 is 11.5 Å². The van der Waals surface area contributed by atoms with Crippen LogP contribution in [0.3, 0.4) is 0 Å². The summed E-state index contributed by atoms with van der Waals surface area (Å²) in [5.74, 6) is 0.489. The first-order valence-corrected chi connectivity index (χ1v) is 3.80. The molecule has 0 bridgehead atoms. The van der Waals surface area contributed by atoms with Crippen LogP contribution in [0.5, 0.6) is 0 Å². The lowest BCUT2D eigenvalue weighted by Crippen LogP contribution is -1.92. The Morgan fingerprint density at radius 2 is 2.09 bits per heavy atom. The highest BCUT2D eigenvalue weighted by molar-refractivity contribution is 7.14. The molecular weight excluding hydrogens is 160 g/mol. The van der Waals surface area contributed by atoms with Crippen LogP contribution in [-0.4, -0.2) is 9.36 Å². The van der Waals surface area contributed by atoms with Crippen LogP contribution in [0, 0.1) is 0 Å². The summed E-state index contributed by atoms with van der Waals surface area (Å²) < 4.78 is 4.88. The third-order valence-electron chi connectivity index (χ3n) is 1.45. The van der Waals surface area contributed by atoms with E-state index in [0.29, 0.717) is 11.5 Å². The Hall–Kier alpha value is -1.36. The summed E-state index contributed by atoms with van der Waals surface area (Å²) in [7, 11) is 0. The number of fused-ring (bicyclic) bond motifs is 1. The third kappa shape index (κ3) is 0.813. The SMILES string of the molecule is Nc1ncc(N)c2sncc12. The first kappa shape index (κ1) is 6.36. The predicted octanol–water partition coefficient (Wildman–Crippen LogP) is 0.856. The van der Waals surface area contributed by atoms with E-state index in [1.54, 1.807) is 12.4 Å². The molecular formula is C6H6N4S. The summed E-state index contributed by atoms with van der Waals surface area (Å²) in [6.07, 6.45) is 3.23. The van der Waals surface area contributed by atoms with Crippen LogP contribution in [-0.2, 0) is 0 Å². The molecule has 0 unspecified atom stereocenters. The summed E-state index contributed by atoms with van der Waals surface area (Å²) in [6, 6.07) is 0. The van der Waals surface area contributed by atoms with Gasteiger partial charge in [0.05, 0.1) is 28.2 Å². The average molecular weight is 166 g/mol. The molecule has 5 heteroatoms. The highest BCUT2D eigenvalue weighted by Crippen LogP contribution is 2.26. The van der Waals surface area contributed by atoms with Gasteiger partial charge in [-0.15, -0.1) is 0 Å². The van der Waals surface area contributed by atoms with Gasteiger partial charge in [0.1, 0.15) is 5.82 Å². The van der Waals surface area contributed by atoms with Crippen LogP contribution >= 0.6 is 11.5 Å². The smallest absolute Gasteiger partial charge is 0.133 e. The van der Waals surface area contributed by atoms with Gasteiger partial charge in [0.25, 0.3) is 0 Å². The van der Waals surface area contributed by atoms with Gasteiger partial charge in [-0.2, -0.15) is 4.37 Å². The molecule has 4 nitrogen and oxygen atoms in total. The number of anilines is 2. The maximum atomic E-state index is 5.62. The van der Waals surface area contributed by atoms with E-state index in [1.807, 2.05) is 0 Å². The van der Waals surface area contributed by atoms with Gasteiger partial charge in [0.2, 0.25) is 0 Å². The molecule has 0 aliphatic heterocycles. The van der Waals surface area contributed by atoms with Gasteiger partial charge in [-0.25, -0.2) is 4.98 Å². The van der Waals surface area contributed by atoms with Gasteiger partial charge < -0.3 is 11.5 Å². The Morgan fingerprint density at radius 1 is 1.27 bits per heavy atom. The lowest BCUT2D eigenvalue weighted by Gasteiger charge is -1.95. The fraction of sp³-hybridized carbons (Fsp3) is 0. The predicted molar refractivity (Wildman–Crippen MR) is 46.2 cm³/mol. The first-order valence-electron chi connectivity index (χ1n) is 3.03. The molecule has 2 rings (SSSR count). The minimum absolute atomic E-state index is 0.489. The topological polar surface area (TPSA) is 77.8 Å². The zero-order chi connectivity index (χ0) is 7.84. The second-order valence-corrected chi connectivity index (χ2v) is 2.97. The summed E-state index contributed by atoms with van der Waals surface area (Å²) in [6.45, 7) is 0. The van der Waals surface area contributed by atoms with Crippen LogP contribution in [0.2, 0.25) is 0 Å². The van der Waals surface area contributed by atoms with Crippen LogP contribution in [0.4, 0.5) is 11.5 Å². The molecule has 0 amide bonds. The van der Waals surface area contributed by atoms with E-state index in [4.69, 9.17) is 11.5 Å². The van der Waals surface area contributed by atoms with Gasteiger partial charge in [-0.3, -0.25) is 0 Å². The lowest BCUT2D eigenvalue weighted by molar-refractivity contribution is 1.37. The van der Waals surface area contributed by atoms with E-state index in [1.165, 1.54) is 11.5 Å². The molecule has 56 valence electrons. The van der Waals surface area contributed by atoms with Crippen molar-refractivity contribution in [3.63, 3.8) is 0 Å². The molecule has 0 atom stereocenters. The van der Waals surface area contributed by atoms with Gasteiger partial charge in [-0.05, 0) is 11.5 Å². The molecule has 0 aliphatic rings. The van der Waals surface area contributed by atoms with E-state index >= 15 is 0 Å². The summed E-state index contributed by atoms with van der Waals surface area (Å²) in [5.41, 5.74) is 11.8. The van der Waals surface area contributed by atoms with E-state index in [0.717, 1.165) is 10.1 Å². The minimum Gasteiger partial charge on any atom is -0.396 e. The quantitative estimate of drug-likeness (QED) is 0.608. The largest absolute Gasteiger partial charge is 0.396 e. The van der Waals surface area contributed by atoms with Gasteiger partial charge in [0, 0.05) is 0 Å². The van der Waals surface area contributed by atoms with Crippen LogP contribution in [0.15, 0.2) is 12.4 Å². The molecule has 0 fully saturated rings. The number of aromatic nitrogens is 2. The molecule has 0 saturated heterocycles. The number of nitrogen functional groups attached to an aromatic ring is 2. The van der Waals surface area contributed by atoms with E-state index < -0.39 is 0 Å². The molecule has 11 heavy (non-hydrogen) atoms. The first-order chi connectivity index (χ1) is 5.29. The molecule has 4 N–H and O–H groups in total. The molecule has 0 aliphatic carbocycles. The molecule has 0 spiro atoms. The fourth-order valence-corrected chi connectivity index (χ4v) is 1.57. The number of nitrogens with zero attached hydrogens (tertiary/aromatic N) is 2. The average Bonchev–Trinajstić information content (AvgIpc) is 2.45. The van der Waals surface area contributed by atoms with Gasteiger partial charge >= 0.3 is 0 Å². The second-order valence-electron chi connectivity index (χ2n) is 2.17. The van der Waals surface area contributed by atoms with Crippen molar-refractivity contribution in [3.8, 4) is 0 Å². The molecule has 2 aromatic heterocycles. The van der Waals surface area contributed by atoms with E-state index in [-0.39, 0.29) is 0 Å². The minimum atomic E-state index is 0.489. The number of nitrogens with two attached hydrogens (primary N) is 2. The zero-order valence-corrected chi connectivity index (χ0v) is 6.43. The van der Waals surface area contributed by atoms with Gasteiger partial charge in [0.15, 0.2) is 0 Å². The summed E-state index contributed by atoms with van der Waals surface area (Å²) >= 11 is 1.33. The number of rotatable bonds is 0. The maximum Gasteiger partial charge on any atom is 0.133 e. The standard InChI is InChI=1S/C6H6N4S/c7-4-2-9-6(8)3-1-10-11-5(3)4/h1-2H,7H2,(H2,8,9). The lowest BCUT2D eigenvalue weighted by atomic mass is 10.3. The second kappa shape index (κ2) is 2.06. The Kier molecular flexibility index (Phi) is 1.19. The molecule has 2 aromatic rings. The van der Waals surface area contributed by atoms with E-state index in [2.05, 4.69) is 9.36 Å². The summed E-state index contributed by atoms with van der Waals surface area (Å²) in [5, 5.41) is 0.843. The van der Waals surface area contributed by atoms with Crippen molar-refractivity contribution < 1.29 is 0 Å². The Morgan fingerprint density at radius 3 is 2.82 bits per heavy atom. The monoisotopic (exact) mass is 166 g/mol. The maximum absolute atomic E-state index is 5.62. The van der Waals surface area contributed by atoms with Gasteiger partial charge in [-0.1, -0.05) is 0 Å². The highest BCUT2D eigenvalue weighted by Gasteiger charge is 2.03. The van der Waals surface area contributed by atoms with Crippen molar-refractivity contribution in [2.24, 2.45) is 0 Å². The fourth-order valence-electron chi connectivity index (χ4n) is 0.897. The number of hydrogen-bond acceptors (Lipinski definition) is 5. The van der Waals surface area contributed by atoms with Crippen LogP contribution in [0.25, 0.3) is 10.1 Å². The Bertz CT molecular complexity index is 358. The van der Waals surface area contributed by atoms with Crippen molar-refractivity contribution in [3.05, 3.63) is 12.4 Å². The number of hydrogen-bond donors (Lipinski definition) is 2. The number of pyridine rings is 1. The molecule has 2 heterocycles. The molecule has 0 aromatic carbocycles. The zero-order valence-electron chi connectivity index (χ0n) is 5.61. The van der Waals surface area contributed by atoms with Crippen molar-refractivity contribution >= 4 is 33.1 Å². The highest BCUT2D eigenvalue weighted by atomic mass is 32.1. The third-order valence-corrected chi connectivity index (χ3v) is 2.30. The normalized spacial score (nSPS) is 10.5.